The molecule has 0 fully saturated rings. The zero-order valence-corrected chi connectivity index (χ0v) is 9.13. The lowest BCUT2D eigenvalue weighted by Gasteiger charge is -2.13. The Morgan fingerprint density at radius 1 is 1.36 bits per heavy atom. The number of aromatic nitrogens is 2. The largest absolute Gasteiger partial charge is 0.232 e. The molecule has 0 aromatic carbocycles. The van der Waals surface area contributed by atoms with Crippen LogP contribution in [0.5, 0.6) is 0 Å². The maximum Gasteiger partial charge on any atom is 0.232 e. The van der Waals surface area contributed by atoms with E-state index in [0.717, 1.165) is 17.8 Å². The molecule has 14 heavy (non-hydrogen) atoms. The van der Waals surface area contributed by atoms with Crippen molar-refractivity contribution in [3.05, 3.63) is 22.8 Å². The highest BCUT2D eigenvalue weighted by Crippen LogP contribution is 2.21. The van der Waals surface area contributed by atoms with Crippen molar-refractivity contribution in [3.63, 3.8) is 0 Å². The molecule has 1 aromatic rings. The van der Waals surface area contributed by atoms with Crippen LogP contribution in [0, 0.1) is 18.3 Å². The second-order valence-electron chi connectivity index (χ2n) is 3.61. The Labute approximate surface area is 84.8 Å². The van der Waals surface area contributed by atoms with Crippen molar-refractivity contribution in [1.82, 2.24) is 9.97 Å². The van der Waals surface area contributed by atoms with E-state index in [1.54, 1.807) is 0 Å². The number of rotatable bonds is 2. The number of hydrogen-bond acceptors (Lipinski definition) is 3. The third kappa shape index (κ3) is 1.90. The number of aryl methyl sites for hydroxylation is 2. The molecule has 1 aromatic heterocycles. The molecular weight excluding hydrogens is 174 g/mol. The molecule has 3 heteroatoms. The lowest BCUT2D eigenvalue weighted by Crippen LogP contribution is -2.06. The molecule has 0 saturated heterocycles. The summed E-state index contributed by atoms with van der Waals surface area (Å²) in [5.74, 6) is 0.696. The van der Waals surface area contributed by atoms with Gasteiger partial charge in [-0.15, -0.1) is 0 Å². The van der Waals surface area contributed by atoms with Crippen LogP contribution in [0.2, 0.25) is 0 Å². The van der Waals surface area contributed by atoms with Crippen LogP contribution in [0.25, 0.3) is 0 Å². The highest BCUT2D eigenvalue weighted by Gasteiger charge is 2.12. The summed E-state index contributed by atoms with van der Waals surface area (Å²) in [6.07, 6.45) is 0.853. The van der Waals surface area contributed by atoms with Gasteiger partial charge in [-0.25, -0.2) is 9.97 Å². The van der Waals surface area contributed by atoms with Crippen LogP contribution in [0.15, 0.2) is 0 Å². The molecule has 0 radical (unpaired) electrons. The van der Waals surface area contributed by atoms with Gasteiger partial charge in [-0.3, -0.25) is 0 Å². The van der Waals surface area contributed by atoms with E-state index in [0.29, 0.717) is 5.92 Å². The Bertz CT molecular complexity index is 375. The Kier molecular flexibility index (Phi) is 3.19. The Morgan fingerprint density at radius 3 is 2.43 bits per heavy atom. The van der Waals surface area contributed by atoms with Crippen LogP contribution in [0.3, 0.4) is 0 Å². The summed E-state index contributed by atoms with van der Waals surface area (Å²) in [5.41, 5.74) is 3.12. The highest BCUT2D eigenvalue weighted by atomic mass is 14.9. The van der Waals surface area contributed by atoms with E-state index in [9.17, 15) is 0 Å². The number of nitrogens with zero attached hydrogens (tertiary/aromatic N) is 3. The Balaban J connectivity index is 3.36. The van der Waals surface area contributed by atoms with Crippen molar-refractivity contribution in [1.29, 1.82) is 5.26 Å². The zero-order valence-electron chi connectivity index (χ0n) is 9.13. The second-order valence-corrected chi connectivity index (χ2v) is 3.61. The predicted molar refractivity (Wildman–Crippen MR) is 55.0 cm³/mol. The van der Waals surface area contributed by atoms with Gasteiger partial charge in [0.2, 0.25) is 5.82 Å². The molecular formula is C11H15N3. The number of hydrogen-bond donors (Lipinski definition) is 0. The van der Waals surface area contributed by atoms with Crippen molar-refractivity contribution >= 4 is 0 Å². The van der Waals surface area contributed by atoms with E-state index >= 15 is 0 Å². The van der Waals surface area contributed by atoms with Crippen molar-refractivity contribution in [2.45, 2.75) is 40.0 Å². The lowest BCUT2D eigenvalue weighted by atomic mass is 9.98. The van der Waals surface area contributed by atoms with Gasteiger partial charge in [-0.05, 0) is 24.8 Å². The fraction of sp³-hybridized carbons (Fsp3) is 0.545. The molecule has 0 atom stereocenters. The van der Waals surface area contributed by atoms with E-state index in [-0.39, 0.29) is 5.82 Å². The van der Waals surface area contributed by atoms with Crippen LogP contribution in [0.4, 0.5) is 0 Å². The summed E-state index contributed by atoms with van der Waals surface area (Å²) in [6, 6.07) is 1.99. The average molecular weight is 189 g/mol. The standard InChI is InChI=1S/C11H15N3/c1-5-9-11(7(2)3)8(4)13-10(6-12)14-9/h7H,5H2,1-4H3. The first kappa shape index (κ1) is 10.6. The van der Waals surface area contributed by atoms with E-state index in [4.69, 9.17) is 5.26 Å². The molecule has 74 valence electrons. The fourth-order valence-electron chi connectivity index (χ4n) is 1.71. The summed E-state index contributed by atoms with van der Waals surface area (Å²) in [7, 11) is 0. The lowest BCUT2D eigenvalue weighted by molar-refractivity contribution is 0.788. The van der Waals surface area contributed by atoms with Gasteiger partial charge in [0.05, 0.1) is 0 Å². The van der Waals surface area contributed by atoms with Gasteiger partial charge in [0.1, 0.15) is 6.07 Å². The molecule has 0 aliphatic rings. The molecule has 0 saturated carbocycles. The number of nitriles is 1. The molecule has 1 rings (SSSR count). The summed E-state index contributed by atoms with van der Waals surface area (Å²) in [4.78, 5) is 8.37. The highest BCUT2D eigenvalue weighted by molar-refractivity contribution is 5.30. The van der Waals surface area contributed by atoms with Gasteiger partial charge in [0.25, 0.3) is 0 Å². The van der Waals surface area contributed by atoms with Crippen LogP contribution < -0.4 is 0 Å². The maximum absolute atomic E-state index is 8.74. The van der Waals surface area contributed by atoms with Gasteiger partial charge < -0.3 is 0 Å². The molecule has 0 spiro atoms. The minimum absolute atomic E-state index is 0.281. The van der Waals surface area contributed by atoms with Crippen LogP contribution >= 0.6 is 0 Å². The summed E-state index contributed by atoms with van der Waals surface area (Å²) in [5, 5.41) is 8.74. The molecule has 3 nitrogen and oxygen atoms in total. The monoisotopic (exact) mass is 189 g/mol. The normalized spacial score (nSPS) is 10.3. The molecule has 0 unspecified atom stereocenters. The molecule has 0 aliphatic carbocycles. The molecule has 0 bridgehead atoms. The van der Waals surface area contributed by atoms with E-state index < -0.39 is 0 Å². The minimum atomic E-state index is 0.281. The van der Waals surface area contributed by atoms with Gasteiger partial charge in [-0.2, -0.15) is 5.26 Å². The third-order valence-corrected chi connectivity index (χ3v) is 2.23. The van der Waals surface area contributed by atoms with Crippen molar-refractivity contribution in [2.75, 3.05) is 0 Å². The minimum Gasteiger partial charge on any atom is -0.224 e. The van der Waals surface area contributed by atoms with E-state index in [2.05, 4.69) is 30.7 Å². The van der Waals surface area contributed by atoms with Gasteiger partial charge >= 0.3 is 0 Å². The first-order chi connectivity index (χ1) is 6.60. The van der Waals surface area contributed by atoms with Gasteiger partial charge in [-0.1, -0.05) is 20.8 Å². The zero-order chi connectivity index (χ0) is 10.7. The maximum atomic E-state index is 8.74. The van der Waals surface area contributed by atoms with Crippen molar-refractivity contribution in [2.24, 2.45) is 0 Å². The van der Waals surface area contributed by atoms with Crippen LogP contribution in [0.1, 0.15) is 49.5 Å². The van der Waals surface area contributed by atoms with Crippen molar-refractivity contribution in [3.8, 4) is 6.07 Å². The SMILES string of the molecule is CCc1nc(C#N)nc(C)c1C(C)C. The third-order valence-electron chi connectivity index (χ3n) is 2.23. The van der Waals surface area contributed by atoms with Gasteiger partial charge in [0, 0.05) is 11.4 Å². The van der Waals surface area contributed by atoms with Crippen LogP contribution in [-0.2, 0) is 6.42 Å². The molecule has 0 aliphatic heterocycles. The van der Waals surface area contributed by atoms with Crippen LogP contribution in [-0.4, -0.2) is 9.97 Å². The molecule has 1 heterocycles. The second kappa shape index (κ2) is 4.19. The summed E-state index contributed by atoms with van der Waals surface area (Å²) >= 11 is 0. The summed E-state index contributed by atoms with van der Waals surface area (Å²) in [6.45, 7) is 8.24. The Hall–Kier alpha value is -1.43. The first-order valence-electron chi connectivity index (χ1n) is 4.87. The van der Waals surface area contributed by atoms with E-state index in [1.165, 1.54) is 5.56 Å². The topological polar surface area (TPSA) is 49.6 Å². The molecule has 0 amide bonds. The van der Waals surface area contributed by atoms with Gasteiger partial charge in [0.15, 0.2) is 0 Å². The quantitative estimate of drug-likeness (QED) is 0.717. The van der Waals surface area contributed by atoms with Crippen molar-refractivity contribution < 1.29 is 0 Å². The Morgan fingerprint density at radius 2 is 2.00 bits per heavy atom. The smallest absolute Gasteiger partial charge is 0.224 e. The first-order valence-corrected chi connectivity index (χ1v) is 4.87. The summed E-state index contributed by atoms with van der Waals surface area (Å²) < 4.78 is 0. The van der Waals surface area contributed by atoms with E-state index in [1.807, 2.05) is 13.0 Å². The fourth-order valence-corrected chi connectivity index (χ4v) is 1.71. The molecule has 0 N–H and O–H groups in total. The predicted octanol–water partition coefficient (Wildman–Crippen LogP) is 2.34. The average Bonchev–Trinajstić information content (AvgIpc) is 2.15.